The van der Waals surface area contributed by atoms with Gasteiger partial charge in [0.25, 0.3) is 0 Å². The maximum Gasteiger partial charge on any atom is 0.228 e. The Bertz CT molecular complexity index is 1390. The van der Waals surface area contributed by atoms with Crippen molar-refractivity contribution in [2.75, 3.05) is 18.0 Å². The van der Waals surface area contributed by atoms with Gasteiger partial charge >= 0.3 is 0 Å². The summed E-state index contributed by atoms with van der Waals surface area (Å²) >= 11 is 5.98. The van der Waals surface area contributed by atoms with Gasteiger partial charge in [0.1, 0.15) is 23.1 Å². The van der Waals surface area contributed by atoms with Crippen LogP contribution in [0.4, 0.5) is 10.3 Å². The van der Waals surface area contributed by atoms with E-state index < -0.39 is 5.82 Å². The van der Waals surface area contributed by atoms with Crippen molar-refractivity contribution in [3.05, 3.63) is 58.9 Å². The first-order valence-corrected chi connectivity index (χ1v) is 11.7. The molecule has 4 aromatic rings. The molecule has 34 heavy (non-hydrogen) atoms. The fourth-order valence-electron chi connectivity index (χ4n) is 4.35. The summed E-state index contributed by atoms with van der Waals surface area (Å²) in [5.74, 6) is -0.00646. The largest absolute Gasteiger partial charge is 0.367 e. The van der Waals surface area contributed by atoms with Crippen LogP contribution in [-0.2, 0) is 4.74 Å². The minimum atomic E-state index is -0.471. The Balaban J connectivity index is 1.41. The van der Waals surface area contributed by atoms with Crippen molar-refractivity contribution in [3.8, 4) is 11.3 Å². The number of anilines is 1. The molecule has 174 valence electrons. The van der Waals surface area contributed by atoms with E-state index in [0.717, 1.165) is 11.3 Å². The van der Waals surface area contributed by atoms with E-state index in [9.17, 15) is 4.39 Å². The van der Waals surface area contributed by atoms with E-state index in [1.807, 2.05) is 24.7 Å². The first kappa shape index (κ1) is 21.4. The third-order valence-electron chi connectivity index (χ3n) is 6.16. The lowest BCUT2D eigenvalue weighted by Crippen LogP contribution is -2.43. The highest BCUT2D eigenvalue weighted by Crippen LogP contribution is 2.36. The molecule has 0 spiro atoms. The second-order valence-corrected chi connectivity index (χ2v) is 9.44. The van der Waals surface area contributed by atoms with Gasteiger partial charge in [-0.25, -0.2) is 19.3 Å². The number of hydrogen-bond acceptors (Lipinski definition) is 7. The average Bonchev–Trinajstić information content (AvgIpc) is 3.54. The smallest absolute Gasteiger partial charge is 0.228 e. The van der Waals surface area contributed by atoms with Gasteiger partial charge in [-0.05, 0) is 44.9 Å². The summed E-state index contributed by atoms with van der Waals surface area (Å²) in [4.78, 5) is 20.6. The molecule has 8 nitrogen and oxygen atoms in total. The third kappa shape index (κ3) is 3.99. The topological polar surface area (TPSA) is 81.9 Å². The van der Waals surface area contributed by atoms with Crippen LogP contribution >= 0.6 is 11.6 Å². The maximum absolute atomic E-state index is 14.9. The zero-order valence-corrected chi connectivity index (χ0v) is 19.6. The molecule has 0 bridgehead atoms. The summed E-state index contributed by atoms with van der Waals surface area (Å²) in [5, 5.41) is 4.83. The molecule has 1 aliphatic heterocycles. The molecule has 1 saturated carbocycles. The Labute approximate surface area is 200 Å². The Morgan fingerprint density at radius 2 is 1.97 bits per heavy atom. The highest BCUT2D eigenvalue weighted by atomic mass is 35.5. The minimum absolute atomic E-state index is 0.0540. The molecule has 1 aliphatic carbocycles. The molecule has 2 atom stereocenters. The van der Waals surface area contributed by atoms with E-state index in [4.69, 9.17) is 26.3 Å². The molecule has 0 N–H and O–H groups in total. The van der Waals surface area contributed by atoms with Crippen LogP contribution in [-0.4, -0.2) is 48.9 Å². The molecule has 2 aliphatic rings. The summed E-state index contributed by atoms with van der Waals surface area (Å²) in [6, 6.07) is 5.03. The highest BCUT2D eigenvalue weighted by Gasteiger charge is 2.31. The molecule has 1 aromatic carbocycles. The van der Waals surface area contributed by atoms with Crippen molar-refractivity contribution >= 4 is 28.7 Å². The molecule has 3 aromatic heterocycles. The SMILES string of the molecule is Cc1cnc2c(-c3ccc(Cl)cc3F)nc(N3C[C@@H](C)O[C@H](c4cnn(C5CC5)c4)C3)nc2n1. The van der Waals surface area contributed by atoms with Crippen molar-refractivity contribution in [1.29, 1.82) is 0 Å². The van der Waals surface area contributed by atoms with Gasteiger partial charge in [-0.1, -0.05) is 11.6 Å². The Morgan fingerprint density at radius 3 is 2.76 bits per heavy atom. The van der Waals surface area contributed by atoms with Crippen LogP contribution in [0.3, 0.4) is 0 Å². The quantitative estimate of drug-likeness (QED) is 0.420. The summed E-state index contributed by atoms with van der Waals surface area (Å²) in [6.07, 6.45) is 7.70. The van der Waals surface area contributed by atoms with Gasteiger partial charge in [-0.2, -0.15) is 10.1 Å². The zero-order chi connectivity index (χ0) is 23.4. The van der Waals surface area contributed by atoms with Gasteiger partial charge in [0.2, 0.25) is 5.95 Å². The molecular formula is C24H23ClFN7O. The molecule has 1 saturated heterocycles. The molecular weight excluding hydrogens is 457 g/mol. The number of ether oxygens (including phenoxy) is 1. The molecule has 0 radical (unpaired) electrons. The third-order valence-corrected chi connectivity index (χ3v) is 6.40. The minimum Gasteiger partial charge on any atom is -0.367 e. The van der Waals surface area contributed by atoms with Crippen LogP contribution in [0.15, 0.2) is 36.8 Å². The summed E-state index contributed by atoms with van der Waals surface area (Å²) in [7, 11) is 0. The first-order valence-electron chi connectivity index (χ1n) is 11.4. The normalized spacial score (nSPS) is 20.8. The number of aryl methyl sites for hydroxylation is 1. The number of rotatable bonds is 4. The lowest BCUT2D eigenvalue weighted by Gasteiger charge is -2.36. The Hall–Kier alpha value is -3.17. The van der Waals surface area contributed by atoms with Gasteiger partial charge in [0.15, 0.2) is 5.65 Å². The van der Waals surface area contributed by atoms with Crippen molar-refractivity contribution in [1.82, 2.24) is 29.7 Å². The van der Waals surface area contributed by atoms with E-state index in [2.05, 4.69) is 26.2 Å². The maximum atomic E-state index is 14.9. The highest BCUT2D eigenvalue weighted by molar-refractivity contribution is 6.30. The van der Waals surface area contributed by atoms with Gasteiger partial charge in [-0.15, -0.1) is 0 Å². The van der Waals surface area contributed by atoms with Gasteiger partial charge in [0, 0.05) is 35.1 Å². The number of morpholine rings is 1. The van der Waals surface area contributed by atoms with Crippen molar-refractivity contribution < 1.29 is 9.13 Å². The predicted molar refractivity (Wildman–Crippen MR) is 126 cm³/mol. The van der Waals surface area contributed by atoms with Crippen LogP contribution in [0.2, 0.25) is 5.02 Å². The summed E-state index contributed by atoms with van der Waals surface area (Å²) < 4.78 is 23.2. The number of halogens is 2. The molecule has 0 unspecified atom stereocenters. The number of benzene rings is 1. The fraction of sp³-hybridized carbons (Fsp3) is 0.375. The molecule has 6 rings (SSSR count). The van der Waals surface area contributed by atoms with E-state index in [1.54, 1.807) is 18.3 Å². The number of fused-ring (bicyclic) bond motifs is 1. The van der Waals surface area contributed by atoms with Crippen molar-refractivity contribution in [2.45, 2.75) is 44.9 Å². The second-order valence-electron chi connectivity index (χ2n) is 9.01. The van der Waals surface area contributed by atoms with Crippen molar-refractivity contribution in [2.24, 2.45) is 0 Å². The standard InChI is InChI=1S/C24H23ClFN7O/c1-13-8-27-22-21(18-6-3-16(25)7-19(18)26)30-24(31-23(22)29-13)32-10-14(2)34-20(12-32)15-9-28-33(11-15)17-4-5-17/h3,6-9,11,14,17,20H,4-5,10,12H2,1-2H3/t14-,20+/m1/s1. The van der Waals surface area contributed by atoms with Gasteiger partial charge < -0.3 is 9.64 Å². The predicted octanol–water partition coefficient (Wildman–Crippen LogP) is 4.69. The van der Waals surface area contributed by atoms with Crippen molar-refractivity contribution in [3.63, 3.8) is 0 Å². The second kappa shape index (κ2) is 8.25. The molecule has 4 heterocycles. The zero-order valence-electron chi connectivity index (χ0n) is 18.8. The lowest BCUT2D eigenvalue weighted by molar-refractivity contribution is -0.0178. The van der Waals surface area contributed by atoms with Gasteiger partial charge in [0.05, 0.1) is 30.6 Å². The van der Waals surface area contributed by atoms with Crippen LogP contribution in [0, 0.1) is 12.7 Å². The van der Waals surface area contributed by atoms with E-state index >= 15 is 0 Å². The van der Waals surface area contributed by atoms with E-state index in [0.29, 0.717) is 52.5 Å². The molecule has 0 amide bonds. The Kier molecular flexibility index (Phi) is 5.18. The molecule has 10 heteroatoms. The van der Waals surface area contributed by atoms with Crippen LogP contribution in [0.1, 0.15) is 43.2 Å². The number of nitrogens with zero attached hydrogens (tertiary/aromatic N) is 7. The van der Waals surface area contributed by atoms with Crippen LogP contribution < -0.4 is 4.90 Å². The summed E-state index contributed by atoms with van der Waals surface area (Å²) in [5.41, 5.74) is 3.31. The lowest BCUT2D eigenvalue weighted by atomic mass is 10.1. The van der Waals surface area contributed by atoms with Crippen LogP contribution in [0.25, 0.3) is 22.4 Å². The summed E-state index contributed by atoms with van der Waals surface area (Å²) in [6.45, 7) is 5.02. The number of aromatic nitrogens is 6. The molecule has 2 fully saturated rings. The first-order chi connectivity index (χ1) is 16.4. The fourth-order valence-corrected chi connectivity index (χ4v) is 4.51. The van der Waals surface area contributed by atoms with Crippen LogP contribution in [0.5, 0.6) is 0 Å². The van der Waals surface area contributed by atoms with Gasteiger partial charge in [-0.3, -0.25) is 4.68 Å². The van der Waals surface area contributed by atoms with E-state index in [-0.39, 0.29) is 12.2 Å². The number of hydrogen-bond donors (Lipinski definition) is 0. The Morgan fingerprint density at radius 1 is 1.12 bits per heavy atom. The average molecular weight is 480 g/mol. The monoisotopic (exact) mass is 479 g/mol. The van der Waals surface area contributed by atoms with E-state index in [1.165, 1.54) is 18.9 Å².